The number of dihydropyridines is 1. The van der Waals surface area contributed by atoms with E-state index in [0.29, 0.717) is 43.1 Å². The molecule has 4 rings (SSSR count). The maximum atomic E-state index is 12.7. The first kappa shape index (κ1) is 15.2. The number of nitrogens with zero attached hydrogens (tertiary/aromatic N) is 4. The first-order valence-electron chi connectivity index (χ1n) is 7.76. The van der Waals surface area contributed by atoms with Crippen molar-refractivity contribution in [1.29, 1.82) is 0 Å². The van der Waals surface area contributed by atoms with E-state index in [4.69, 9.17) is 16.3 Å². The highest BCUT2D eigenvalue weighted by molar-refractivity contribution is 6.30. The van der Waals surface area contributed by atoms with E-state index in [1.54, 1.807) is 18.3 Å². The molecule has 0 N–H and O–H groups in total. The van der Waals surface area contributed by atoms with Crippen LogP contribution in [0.25, 0.3) is 5.57 Å². The van der Waals surface area contributed by atoms with E-state index in [1.165, 1.54) is 0 Å². The molecule has 122 valence electrons. The Morgan fingerprint density at radius 2 is 1.88 bits per heavy atom. The molecule has 1 unspecified atom stereocenters. The standard InChI is InChI=1S/C17H15ClN4O2/c18-12-3-1-11(2-4-12)13-5-6-19-15-14(13)16(23)21-17(20-15)22-7-9-24-10-8-22/h1-6,14H,7-10H2. The second-order valence-corrected chi connectivity index (χ2v) is 6.10. The van der Waals surface area contributed by atoms with E-state index in [0.717, 1.165) is 11.1 Å². The number of carbonyl (C=O) groups is 1. The molecule has 1 aromatic carbocycles. The maximum Gasteiger partial charge on any atom is 0.264 e. The molecular weight excluding hydrogens is 328 g/mol. The Morgan fingerprint density at radius 3 is 2.62 bits per heavy atom. The van der Waals surface area contributed by atoms with Gasteiger partial charge >= 0.3 is 0 Å². The fourth-order valence-corrected chi connectivity index (χ4v) is 3.07. The van der Waals surface area contributed by atoms with Crippen molar-refractivity contribution in [3.8, 4) is 0 Å². The summed E-state index contributed by atoms with van der Waals surface area (Å²) in [6.07, 6.45) is 3.51. The third-order valence-corrected chi connectivity index (χ3v) is 4.43. The quantitative estimate of drug-likeness (QED) is 0.784. The van der Waals surface area contributed by atoms with Crippen LogP contribution in [0.15, 0.2) is 45.3 Å². The van der Waals surface area contributed by atoms with Crippen LogP contribution < -0.4 is 0 Å². The zero-order valence-corrected chi connectivity index (χ0v) is 13.6. The minimum atomic E-state index is -0.555. The van der Waals surface area contributed by atoms with Crippen LogP contribution >= 0.6 is 11.6 Å². The number of aliphatic imine (C=N–C) groups is 3. The number of allylic oxidation sites excluding steroid dienone is 1. The number of morpholine rings is 1. The van der Waals surface area contributed by atoms with Crippen LogP contribution in [-0.4, -0.2) is 55.1 Å². The van der Waals surface area contributed by atoms with Gasteiger partial charge in [0.2, 0.25) is 5.96 Å². The summed E-state index contributed by atoms with van der Waals surface area (Å²) in [6.45, 7) is 2.58. The number of guanidine groups is 1. The molecular formula is C17H15ClN4O2. The molecule has 3 heterocycles. The van der Waals surface area contributed by atoms with Crippen LogP contribution in [0.3, 0.4) is 0 Å². The van der Waals surface area contributed by atoms with E-state index in [9.17, 15) is 4.79 Å². The summed E-state index contributed by atoms with van der Waals surface area (Å²) in [4.78, 5) is 27.7. The molecule has 0 saturated carbocycles. The summed E-state index contributed by atoms with van der Waals surface area (Å²) in [7, 11) is 0. The molecule has 7 heteroatoms. The Hall–Kier alpha value is -2.31. The van der Waals surface area contributed by atoms with Crippen molar-refractivity contribution >= 4 is 41.1 Å². The largest absolute Gasteiger partial charge is 0.378 e. The fraction of sp³-hybridized carbons (Fsp3) is 0.294. The van der Waals surface area contributed by atoms with Crippen LogP contribution in [0.5, 0.6) is 0 Å². The SMILES string of the molecule is O=C1N=C(N2CCOCC2)N=C2N=CC=C(c3ccc(Cl)cc3)C12. The lowest BCUT2D eigenvalue weighted by Gasteiger charge is -2.30. The van der Waals surface area contributed by atoms with Gasteiger partial charge in [-0.3, -0.25) is 4.79 Å². The molecule has 3 aliphatic rings. The van der Waals surface area contributed by atoms with Gasteiger partial charge in [0.15, 0.2) is 0 Å². The molecule has 0 spiro atoms. The number of rotatable bonds is 1. The van der Waals surface area contributed by atoms with Crippen molar-refractivity contribution in [2.75, 3.05) is 26.3 Å². The lowest BCUT2D eigenvalue weighted by atomic mass is 9.88. The van der Waals surface area contributed by atoms with Gasteiger partial charge in [0.05, 0.1) is 13.2 Å². The first-order chi connectivity index (χ1) is 11.7. The van der Waals surface area contributed by atoms with E-state index >= 15 is 0 Å². The fourth-order valence-electron chi connectivity index (χ4n) is 2.94. The van der Waals surface area contributed by atoms with Crippen molar-refractivity contribution in [2.24, 2.45) is 20.9 Å². The summed E-state index contributed by atoms with van der Waals surface area (Å²) in [5.74, 6) is 0.133. The van der Waals surface area contributed by atoms with Crippen molar-refractivity contribution in [3.63, 3.8) is 0 Å². The highest BCUT2D eigenvalue weighted by Crippen LogP contribution is 2.31. The van der Waals surface area contributed by atoms with Crippen molar-refractivity contribution in [1.82, 2.24) is 4.90 Å². The number of carbonyl (C=O) groups excluding carboxylic acids is 1. The second-order valence-electron chi connectivity index (χ2n) is 5.66. The molecule has 0 aromatic heterocycles. The van der Waals surface area contributed by atoms with Gasteiger partial charge in [0, 0.05) is 24.3 Å². The highest BCUT2D eigenvalue weighted by Gasteiger charge is 2.35. The molecule has 1 atom stereocenters. The van der Waals surface area contributed by atoms with Crippen LogP contribution in [0, 0.1) is 5.92 Å². The number of benzene rings is 1. The van der Waals surface area contributed by atoms with Gasteiger partial charge in [-0.15, -0.1) is 0 Å². The van der Waals surface area contributed by atoms with E-state index in [-0.39, 0.29) is 5.91 Å². The average Bonchev–Trinajstić information content (AvgIpc) is 2.62. The molecule has 1 aromatic rings. The molecule has 0 aliphatic carbocycles. The number of amides is 1. The van der Waals surface area contributed by atoms with E-state index in [1.807, 2.05) is 23.1 Å². The highest BCUT2D eigenvalue weighted by atomic mass is 35.5. The van der Waals surface area contributed by atoms with Crippen LogP contribution in [-0.2, 0) is 9.53 Å². The van der Waals surface area contributed by atoms with E-state index in [2.05, 4.69) is 15.0 Å². The summed E-state index contributed by atoms with van der Waals surface area (Å²) in [6, 6.07) is 7.38. The molecule has 6 nitrogen and oxygen atoms in total. The first-order valence-corrected chi connectivity index (χ1v) is 8.14. The molecule has 3 aliphatic heterocycles. The summed E-state index contributed by atoms with van der Waals surface area (Å²) in [5, 5.41) is 0.653. The van der Waals surface area contributed by atoms with Gasteiger partial charge in [0.25, 0.3) is 5.91 Å². The predicted molar refractivity (Wildman–Crippen MR) is 93.7 cm³/mol. The number of amidine groups is 1. The minimum Gasteiger partial charge on any atom is -0.378 e. The van der Waals surface area contributed by atoms with E-state index < -0.39 is 5.92 Å². The van der Waals surface area contributed by atoms with Crippen molar-refractivity contribution < 1.29 is 9.53 Å². The number of halogens is 1. The predicted octanol–water partition coefficient (Wildman–Crippen LogP) is 2.05. The van der Waals surface area contributed by atoms with Crippen LogP contribution in [0.1, 0.15) is 5.56 Å². The monoisotopic (exact) mass is 342 g/mol. The van der Waals surface area contributed by atoms with Gasteiger partial charge in [-0.2, -0.15) is 9.98 Å². The third kappa shape index (κ3) is 2.79. The normalized spacial score (nSPS) is 23.4. The zero-order chi connectivity index (χ0) is 16.5. The third-order valence-electron chi connectivity index (χ3n) is 4.17. The number of ether oxygens (including phenoxy) is 1. The Bertz CT molecular complexity index is 789. The minimum absolute atomic E-state index is 0.237. The molecule has 1 saturated heterocycles. The molecule has 0 bridgehead atoms. The smallest absolute Gasteiger partial charge is 0.264 e. The molecule has 1 amide bonds. The lowest BCUT2D eigenvalue weighted by molar-refractivity contribution is -0.118. The van der Waals surface area contributed by atoms with Crippen LogP contribution in [0.2, 0.25) is 5.02 Å². The molecule has 0 radical (unpaired) electrons. The Morgan fingerprint density at radius 1 is 1.12 bits per heavy atom. The van der Waals surface area contributed by atoms with Crippen LogP contribution in [0.4, 0.5) is 0 Å². The Balaban J connectivity index is 1.65. The molecule has 24 heavy (non-hydrogen) atoms. The average molecular weight is 343 g/mol. The van der Waals surface area contributed by atoms with Gasteiger partial charge in [-0.25, -0.2) is 4.99 Å². The summed E-state index contributed by atoms with van der Waals surface area (Å²) < 4.78 is 5.33. The number of fused-ring (bicyclic) bond motifs is 1. The summed E-state index contributed by atoms with van der Waals surface area (Å²) >= 11 is 5.95. The van der Waals surface area contributed by atoms with Gasteiger partial charge in [-0.1, -0.05) is 23.7 Å². The van der Waals surface area contributed by atoms with Gasteiger partial charge in [0.1, 0.15) is 11.8 Å². The van der Waals surface area contributed by atoms with Crippen molar-refractivity contribution in [2.45, 2.75) is 0 Å². The van der Waals surface area contributed by atoms with Crippen molar-refractivity contribution in [3.05, 3.63) is 40.9 Å². The topological polar surface area (TPSA) is 66.6 Å². The lowest BCUT2D eigenvalue weighted by Crippen LogP contribution is -2.43. The van der Waals surface area contributed by atoms with Gasteiger partial charge < -0.3 is 9.64 Å². The Kier molecular flexibility index (Phi) is 4.00. The zero-order valence-electron chi connectivity index (χ0n) is 12.9. The number of hydrogen-bond donors (Lipinski definition) is 0. The second kappa shape index (κ2) is 6.30. The maximum absolute atomic E-state index is 12.7. The van der Waals surface area contributed by atoms with Gasteiger partial charge in [-0.05, 0) is 29.3 Å². The summed E-state index contributed by atoms with van der Waals surface area (Å²) in [5.41, 5.74) is 1.76. The molecule has 1 fully saturated rings. The number of hydrogen-bond acceptors (Lipinski definition) is 5. The Labute approximate surface area is 144 Å².